The van der Waals surface area contributed by atoms with Gasteiger partial charge in [0.2, 0.25) is 0 Å². The second-order valence-electron chi connectivity index (χ2n) is 5.65. The summed E-state index contributed by atoms with van der Waals surface area (Å²) in [5.74, 6) is 0.281. The van der Waals surface area contributed by atoms with E-state index in [-0.39, 0.29) is 5.97 Å². The van der Waals surface area contributed by atoms with Crippen LogP contribution in [0.25, 0.3) is 10.8 Å². The molecular weight excluding hydrogens is 262 g/mol. The normalized spacial score (nSPS) is 16.0. The SMILES string of the molecule is CCOC(=O)c1cccc2c(C3CCCCC3)nccc12. The van der Waals surface area contributed by atoms with Crippen LogP contribution in [0.2, 0.25) is 0 Å². The van der Waals surface area contributed by atoms with Gasteiger partial charge in [-0.05, 0) is 37.3 Å². The highest BCUT2D eigenvalue weighted by atomic mass is 16.5. The monoisotopic (exact) mass is 283 g/mol. The summed E-state index contributed by atoms with van der Waals surface area (Å²) in [5.41, 5.74) is 1.80. The third-order valence-electron chi connectivity index (χ3n) is 4.32. The Morgan fingerprint density at radius 2 is 2.00 bits per heavy atom. The Balaban J connectivity index is 2.07. The van der Waals surface area contributed by atoms with Crippen molar-refractivity contribution in [1.29, 1.82) is 0 Å². The van der Waals surface area contributed by atoms with Gasteiger partial charge in [-0.3, -0.25) is 4.98 Å². The van der Waals surface area contributed by atoms with Crippen LogP contribution >= 0.6 is 0 Å². The number of esters is 1. The molecule has 1 saturated carbocycles. The molecule has 0 amide bonds. The van der Waals surface area contributed by atoms with E-state index in [1.165, 1.54) is 32.1 Å². The van der Waals surface area contributed by atoms with E-state index in [0.29, 0.717) is 18.1 Å². The Morgan fingerprint density at radius 3 is 2.76 bits per heavy atom. The van der Waals surface area contributed by atoms with Gasteiger partial charge in [0.1, 0.15) is 0 Å². The number of fused-ring (bicyclic) bond motifs is 1. The maximum atomic E-state index is 12.1. The van der Waals surface area contributed by atoms with Gasteiger partial charge in [0.25, 0.3) is 0 Å². The van der Waals surface area contributed by atoms with Gasteiger partial charge >= 0.3 is 5.97 Å². The van der Waals surface area contributed by atoms with Crippen molar-refractivity contribution in [2.45, 2.75) is 44.9 Å². The molecule has 0 saturated heterocycles. The number of benzene rings is 1. The highest BCUT2D eigenvalue weighted by molar-refractivity contribution is 6.05. The molecule has 1 aliphatic carbocycles. The van der Waals surface area contributed by atoms with Crippen LogP contribution in [0.4, 0.5) is 0 Å². The van der Waals surface area contributed by atoms with Crippen LogP contribution in [0.15, 0.2) is 30.5 Å². The first-order chi connectivity index (χ1) is 10.3. The molecule has 0 unspecified atom stereocenters. The van der Waals surface area contributed by atoms with Crippen LogP contribution in [0.1, 0.15) is 61.0 Å². The van der Waals surface area contributed by atoms with E-state index in [2.05, 4.69) is 11.1 Å². The van der Waals surface area contributed by atoms with Crippen molar-refractivity contribution in [3.8, 4) is 0 Å². The number of nitrogens with zero attached hydrogens (tertiary/aromatic N) is 1. The van der Waals surface area contributed by atoms with Crippen LogP contribution < -0.4 is 0 Å². The van der Waals surface area contributed by atoms with Crippen molar-refractivity contribution in [1.82, 2.24) is 4.98 Å². The van der Waals surface area contributed by atoms with E-state index in [1.807, 2.05) is 31.3 Å². The van der Waals surface area contributed by atoms with Gasteiger partial charge in [0.05, 0.1) is 17.9 Å². The number of hydrogen-bond donors (Lipinski definition) is 0. The highest BCUT2D eigenvalue weighted by Crippen LogP contribution is 2.35. The Hall–Kier alpha value is -1.90. The van der Waals surface area contributed by atoms with Gasteiger partial charge in [-0.1, -0.05) is 31.4 Å². The molecule has 1 heterocycles. The van der Waals surface area contributed by atoms with Gasteiger partial charge in [0.15, 0.2) is 0 Å². The van der Waals surface area contributed by atoms with E-state index in [0.717, 1.165) is 16.5 Å². The molecule has 0 bridgehead atoms. The predicted octanol–water partition coefficient (Wildman–Crippen LogP) is 4.46. The lowest BCUT2D eigenvalue weighted by Crippen LogP contribution is -2.09. The van der Waals surface area contributed by atoms with Crippen LogP contribution in [-0.4, -0.2) is 17.6 Å². The average molecular weight is 283 g/mol. The first-order valence-electron chi connectivity index (χ1n) is 7.86. The smallest absolute Gasteiger partial charge is 0.338 e. The number of carbonyl (C=O) groups excluding carboxylic acids is 1. The standard InChI is InChI=1S/C18H21NO2/c1-2-21-18(20)16-10-6-9-15-14(16)11-12-19-17(15)13-7-4-3-5-8-13/h6,9-13H,2-5,7-8H2,1H3. The molecule has 21 heavy (non-hydrogen) atoms. The fraction of sp³-hybridized carbons (Fsp3) is 0.444. The third-order valence-corrected chi connectivity index (χ3v) is 4.32. The van der Waals surface area contributed by atoms with Crippen LogP contribution in [0.5, 0.6) is 0 Å². The number of pyridine rings is 1. The van der Waals surface area contributed by atoms with Crippen molar-refractivity contribution in [3.63, 3.8) is 0 Å². The summed E-state index contributed by atoms with van der Waals surface area (Å²) in [7, 11) is 0. The summed E-state index contributed by atoms with van der Waals surface area (Å²) in [5, 5.41) is 2.07. The zero-order chi connectivity index (χ0) is 14.7. The topological polar surface area (TPSA) is 39.2 Å². The summed E-state index contributed by atoms with van der Waals surface area (Å²) in [6, 6.07) is 7.77. The minimum absolute atomic E-state index is 0.246. The molecule has 3 heteroatoms. The van der Waals surface area contributed by atoms with Crippen molar-refractivity contribution < 1.29 is 9.53 Å². The minimum atomic E-state index is -0.246. The lowest BCUT2D eigenvalue weighted by Gasteiger charge is -2.22. The molecule has 0 spiro atoms. The van der Waals surface area contributed by atoms with Crippen molar-refractivity contribution >= 4 is 16.7 Å². The fourth-order valence-electron chi connectivity index (χ4n) is 3.32. The van der Waals surface area contributed by atoms with Gasteiger partial charge in [-0.15, -0.1) is 0 Å². The Morgan fingerprint density at radius 1 is 1.19 bits per heavy atom. The molecular formula is C18H21NO2. The second-order valence-corrected chi connectivity index (χ2v) is 5.65. The Labute approximate surface area is 125 Å². The number of carbonyl (C=O) groups is 1. The van der Waals surface area contributed by atoms with Gasteiger partial charge in [0, 0.05) is 17.5 Å². The average Bonchev–Trinajstić information content (AvgIpc) is 2.55. The molecule has 1 fully saturated rings. The molecule has 1 aliphatic rings. The lowest BCUT2D eigenvalue weighted by molar-refractivity contribution is 0.0528. The Kier molecular flexibility index (Phi) is 4.18. The number of ether oxygens (including phenoxy) is 1. The van der Waals surface area contributed by atoms with Crippen LogP contribution in [0.3, 0.4) is 0 Å². The zero-order valence-corrected chi connectivity index (χ0v) is 12.5. The Bertz CT molecular complexity index is 645. The lowest BCUT2D eigenvalue weighted by atomic mass is 9.84. The molecule has 110 valence electrons. The number of rotatable bonds is 3. The molecule has 3 nitrogen and oxygen atoms in total. The quantitative estimate of drug-likeness (QED) is 0.781. The molecule has 0 N–H and O–H groups in total. The summed E-state index contributed by atoms with van der Waals surface area (Å²) in [6.45, 7) is 2.23. The largest absolute Gasteiger partial charge is 0.462 e. The summed E-state index contributed by atoms with van der Waals surface area (Å²) >= 11 is 0. The van der Waals surface area contributed by atoms with E-state index in [4.69, 9.17) is 4.74 Å². The van der Waals surface area contributed by atoms with Gasteiger partial charge in [-0.2, -0.15) is 0 Å². The summed E-state index contributed by atoms with van der Waals surface area (Å²) in [6.07, 6.45) is 8.12. The molecule has 1 aromatic carbocycles. The number of hydrogen-bond acceptors (Lipinski definition) is 3. The van der Waals surface area contributed by atoms with Crippen molar-refractivity contribution in [3.05, 3.63) is 41.7 Å². The summed E-state index contributed by atoms with van der Waals surface area (Å²) in [4.78, 5) is 16.7. The molecule has 0 aliphatic heterocycles. The molecule has 3 rings (SSSR count). The number of aromatic nitrogens is 1. The van der Waals surface area contributed by atoms with Gasteiger partial charge in [-0.25, -0.2) is 4.79 Å². The van der Waals surface area contributed by atoms with Gasteiger partial charge < -0.3 is 4.74 Å². The van der Waals surface area contributed by atoms with E-state index < -0.39 is 0 Å². The highest BCUT2D eigenvalue weighted by Gasteiger charge is 2.20. The zero-order valence-electron chi connectivity index (χ0n) is 12.5. The van der Waals surface area contributed by atoms with Crippen LogP contribution in [-0.2, 0) is 4.74 Å². The van der Waals surface area contributed by atoms with E-state index in [1.54, 1.807) is 0 Å². The molecule has 0 radical (unpaired) electrons. The van der Waals surface area contributed by atoms with E-state index >= 15 is 0 Å². The van der Waals surface area contributed by atoms with E-state index in [9.17, 15) is 4.79 Å². The van der Waals surface area contributed by atoms with Crippen molar-refractivity contribution in [2.75, 3.05) is 6.61 Å². The fourth-order valence-corrected chi connectivity index (χ4v) is 3.32. The second kappa shape index (κ2) is 6.25. The van der Waals surface area contributed by atoms with Crippen LogP contribution in [0, 0.1) is 0 Å². The maximum Gasteiger partial charge on any atom is 0.338 e. The molecule has 1 aromatic heterocycles. The first-order valence-corrected chi connectivity index (χ1v) is 7.86. The molecule has 2 aromatic rings. The third kappa shape index (κ3) is 2.78. The van der Waals surface area contributed by atoms with Crippen molar-refractivity contribution in [2.24, 2.45) is 0 Å². The maximum absolute atomic E-state index is 12.1. The minimum Gasteiger partial charge on any atom is -0.462 e. The molecule has 0 atom stereocenters. The summed E-state index contributed by atoms with van der Waals surface area (Å²) < 4.78 is 5.16. The first kappa shape index (κ1) is 14.1. The predicted molar refractivity (Wildman–Crippen MR) is 83.5 cm³/mol.